The van der Waals surface area contributed by atoms with Gasteiger partial charge >= 0.3 is 29.6 Å². The molecular weight excluding hydrogens is 583 g/mol. The van der Waals surface area contributed by atoms with Crippen molar-refractivity contribution in [1.29, 1.82) is 0 Å². The molecule has 0 aromatic rings. The van der Waals surface area contributed by atoms with Gasteiger partial charge in [-0.2, -0.15) is 0 Å². The molecule has 0 amide bonds. The molecule has 0 bridgehead atoms. The van der Waals surface area contributed by atoms with Crippen molar-refractivity contribution < 1.29 is 69.4 Å². The van der Waals surface area contributed by atoms with Crippen molar-refractivity contribution in [3.8, 4) is 0 Å². The van der Waals surface area contributed by atoms with E-state index in [1.54, 1.807) is 0 Å². The number of aliphatic hydroxyl groups excluding tert-OH is 4. The van der Waals surface area contributed by atoms with E-state index < -0.39 is 48.7 Å². The van der Waals surface area contributed by atoms with Gasteiger partial charge in [-0.3, -0.25) is 0 Å². The van der Waals surface area contributed by atoms with Crippen LogP contribution in [0.3, 0.4) is 0 Å². The number of carbonyl (C=O) groups excluding carboxylic acids is 1. The van der Waals surface area contributed by atoms with Crippen LogP contribution in [-0.2, 0) is 14.3 Å². The first-order valence-corrected chi connectivity index (χ1v) is 17.4. The molecule has 1 aliphatic heterocycles. The summed E-state index contributed by atoms with van der Waals surface area (Å²) in [7, 11) is 0. The van der Waals surface area contributed by atoms with Gasteiger partial charge in [-0.05, 0) is 109 Å². The zero-order valence-corrected chi connectivity index (χ0v) is 30.9. The molecule has 4 N–H and O–H groups in total. The van der Waals surface area contributed by atoms with E-state index in [2.05, 4.69) is 54.5 Å². The molecule has 15 atom stereocenters. The Bertz CT molecular complexity index is 1170. The van der Waals surface area contributed by atoms with E-state index in [0.29, 0.717) is 30.1 Å². The van der Waals surface area contributed by atoms with Gasteiger partial charge in [0.05, 0.1) is 12.7 Å². The zero-order valence-electron chi connectivity index (χ0n) is 28.9. The summed E-state index contributed by atoms with van der Waals surface area (Å²) in [6, 6.07) is 0. The number of allylic oxidation sites excluding steroid dienone is 2. The summed E-state index contributed by atoms with van der Waals surface area (Å²) in [6.45, 7) is 16.1. The van der Waals surface area contributed by atoms with E-state index in [0.717, 1.165) is 51.4 Å². The number of carbonyl (C=O) groups is 1. The Hall–Kier alpha value is -0.0300. The molecule has 6 aliphatic rings. The van der Waals surface area contributed by atoms with Crippen molar-refractivity contribution in [3.05, 3.63) is 11.6 Å². The SMILES string of the molecule is C[C@@H]1CC[C@]2(C(=O)[O-])CC[C@]3(C)C(=CC[C@@H]4[C@@]5(C)CC[C@H](O[C@@H]6O[C@H](CO)[C@@H](O)[C@H](O)[C@H]6O)C(C)(C)[C@@H]5CC[C@]43C)C2[C@H]1C.[Na+]. The van der Waals surface area contributed by atoms with Crippen LogP contribution in [0.15, 0.2) is 11.6 Å². The fourth-order valence-electron chi connectivity index (χ4n) is 12.4. The molecule has 1 saturated heterocycles. The first-order chi connectivity index (χ1) is 20.5. The fraction of sp³-hybridized carbons (Fsp3) is 0.917. The van der Waals surface area contributed by atoms with Crippen LogP contribution in [0.4, 0.5) is 0 Å². The molecule has 1 heterocycles. The molecule has 5 aliphatic carbocycles. The molecule has 8 nitrogen and oxygen atoms in total. The number of aliphatic hydroxyl groups is 4. The summed E-state index contributed by atoms with van der Waals surface area (Å²) in [5.41, 5.74) is 0.442. The molecule has 5 fully saturated rings. The molecule has 0 radical (unpaired) electrons. The Morgan fingerprint density at radius 1 is 0.933 bits per heavy atom. The Kier molecular flexibility index (Phi) is 9.74. The minimum atomic E-state index is -1.46. The van der Waals surface area contributed by atoms with Crippen LogP contribution in [-0.4, -0.2) is 69.8 Å². The molecule has 250 valence electrons. The van der Waals surface area contributed by atoms with Gasteiger partial charge in [0.1, 0.15) is 24.4 Å². The molecule has 1 unspecified atom stereocenters. The largest absolute Gasteiger partial charge is 1.00 e. The third kappa shape index (κ3) is 4.96. The van der Waals surface area contributed by atoms with Crippen LogP contribution in [0.5, 0.6) is 0 Å². The van der Waals surface area contributed by atoms with Crippen molar-refractivity contribution >= 4 is 5.97 Å². The minimum Gasteiger partial charge on any atom is -0.550 e. The molecular formula is C36H57NaO8. The van der Waals surface area contributed by atoms with Crippen LogP contribution >= 0.6 is 0 Å². The van der Waals surface area contributed by atoms with Crippen LogP contribution in [0.1, 0.15) is 106 Å². The van der Waals surface area contributed by atoms with E-state index >= 15 is 0 Å². The van der Waals surface area contributed by atoms with Crippen molar-refractivity contribution in [2.45, 2.75) is 143 Å². The van der Waals surface area contributed by atoms with Crippen molar-refractivity contribution in [2.75, 3.05) is 6.61 Å². The molecule has 6 rings (SSSR count). The quantitative estimate of drug-likeness (QED) is 0.199. The maximum absolute atomic E-state index is 12.9. The predicted octanol–water partition coefficient (Wildman–Crippen LogP) is 0.583. The standard InChI is InChI=1S/C36H58O8.Na/c1-19-10-15-36(31(41)42)17-16-34(6)21(26(36)20(19)2)8-9-24-33(5)13-12-25(32(3,4)23(33)11-14-35(24,34)7)44-30-29(40)28(39)27(38)22(18-37)43-30;/h8,19-20,22-30,37-40H,9-18H2,1-7H3,(H,41,42);/q;+1/p-1/t19-,20+,22-,23+,24-,25+,26?,27-,28+,29-,30+,33+,34-,35-,36+;/m1./s1. The minimum absolute atomic E-state index is 0. The van der Waals surface area contributed by atoms with Crippen LogP contribution in [0.2, 0.25) is 0 Å². The number of hydrogen-bond acceptors (Lipinski definition) is 8. The average molecular weight is 641 g/mol. The van der Waals surface area contributed by atoms with Gasteiger partial charge in [-0.25, -0.2) is 0 Å². The van der Waals surface area contributed by atoms with Gasteiger partial charge in [0.2, 0.25) is 0 Å². The maximum Gasteiger partial charge on any atom is 1.00 e. The number of rotatable bonds is 4. The van der Waals surface area contributed by atoms with E-state index in [1.165, 1.54) is 5.57 Å². The number of ether oxygens (including phenoxy) is 2. The topological polar surface area (TPSA) is 140 Å². The zero-order chi connectivity index (χ0) is 32.2. The third-order valence-electron chi connectivity index (χ3n) is 15.5. The second-order valence-corrected chi connectivity index (χ2v) is 17.3. The Morgan fingerprint density at radius 3 is 2.27 bits per heavy atom. The van der Waals surface area contributed by atoms with E-state index in [-0.39, 0.29) is 63.2 Å². The first kappa shape index (κ1) is 36.3. The number of carboxylic acids is 1. The normalized spacial score (nSPS) is 53.8. The molecule has 9 heteroatoms. The Labute approximate surface area is 292 Å². The molecule has 45 heavy (non-hydrogen) atoms. The second kappa shape index (κ2) is 12.1. The number of fused-ring (bicyclic) bond motifs is 7. The molecule has 0 aromatic heterocycles. The average Bonchev–Trinajstić information content (AvgIpc) is 2.96. The Balaban J connectivity index is 0.00000400. The summed E-state index contributed by atoms with van der Waals surface area (Å²) in [4.78, 5) is 12.9. The summed E-state index contributed by atoms with van der Waals surface area (Å²) >= 11 is 0. The van der Waals surface area contributed by atoms with Crippen molar-refractivity contribution in [1.82, 2.24) is 0 Å². The van der Waals surface area contributed by atoms with Gasteiger partial charge < -0.3 is 39.8 Å². The van der Waals surface area contributed by atoms with Crippen LogP contribution in [0, 0.1) is 56.7 Å². The Morgan fingerprint density at radius 2 is 1.62 bits per heavy atom. The third-order valence-corrected chi connectivity index (χ3v) is 15.5. The van der Waals surface area contributed by atoms with E-state index in [4.69, 9.17) is 9.47 Å². The van der Waals surface area contributed by atoms with E-state index in [1.807, 2.05) is 0 Å². The summed E-state index contributed by atoms with van der Waals surface area (Å²) in [5, 5.41) is 53.9. The molecule has 0 spiro atoms. The van der Waals surface area contributed by atoms with Crippen molar-refractivity contribution in [2.24, 2.45) is 56.7 Å². The maximum atomic E-state index is 12.9. The van der Waals surface area contributed by atoms with Gasteiger partial charge in [0.15, 0.2) is 6.29 Å². The van der Waals surface area contributed by atoms with Gasteiger partial charge in [-0.15, -0.1) is 0 Å². The second-order valence-electron chi connectivity index (χ2n) is 17.3. The number of aliphatic carboxylic acids is 1. The summed E-state index contributed by atoms with van der Waals surface area (Å²) in [5.74, 6) is 0.809. The monoisotopic (exact) mass is 640 g/mol. The van der Waals surface area contributed by atoms with Gasteiger partial charge in [-0.1, -0.05) is 60.1 Å². The van der Waals surface area contributed by atoms with Gasteiger partial charge in [0, 0.05) is 11.4 Å². The number of hydrogen-bond donors (Lipinski definition) is 4. The first-order valence-electron chi connectivity index (χ1n) is 17.4. The predicted molar refractivity (Wildman–Crippen MR) is 163 cm³/mol. The fourth-order valence-corrected chi connectivity index (χ4v) is 12.4. The molecule has 0 aromatic carbocycles. The summed E-state index contributed by atoms with van der Waals surface area (Å²) in [6.07, 6.45) is 3.96. The smallest absolute Gasteiger partial charge is 0.550 e. The molecule has 4 saturated carbocycles. The summed E-state index contributed by atoms with van der Waals surface area (Å²) < 4.78 is 12.2. The van der Waals surface area contributed by atoms with Crippen molar-refractivity contribution in [3.63, 3.8) is 0 Å². The van der Waals surface area contributed by atoms with Crippen LogP contribution in [0.25, 0.3) is 0 Å². The number of carboxylic acid groups (broad SMARTS) is 1. The van der Waals surface area contributed by atoms with Crippen LogP contribution < -0.4 is 34.7 Å². The van der Waals surface area contributed by atoms with Gasteiger partial charge in [0.25, 0.3) is 0 Å². The van der Waals surface area contributed by atoms with E-state index in [9.17, 15) is 30.3 Å².